The first-order valence-corrected chi connectivity index (χ1v) is 8.38. The van der Waals surface area contributed by atoms with Gasteiger partial charge in [-0.2, -0.15) is 18.3 Å². The Morgan fingerprint density at radius 2 is 1.96 bits per heavy atom. The highest BCUT2D eigenvalue weighted by Gasteiger charge is 2.39. The highest BCUT2D eigenvalue weighted by Crippen LogP contribution is 2.40. The second-order valence-corrected chi connectivity index (χ2v) is 6.78. The van der Waals surface area contributed by atoms with Crippen molar-refractivity contribution in [1.29, 1.82) is 0 Å². The molecule has 0 radical (unpaired) electrons. The molecule has 2 heterocycles. The second kappa shape index (κ2) is 6.80. The standard InChI is InChI=1S/C18H22F3N3O/c1-12(2)24-13(7-8-22-24)10-23-11-14(25)9-17(23)15-5-3-4-6-16(15)18(19,20)21/h3-8,12,14,17,25H,9-11H2,1-2H3/t14-,17+/m0/s1. The van der Waals surface area contributed by atoms with Gasteiger partial charge in [0.15, 0.2) is 0 Å². The van der Waals surface area contributed by atoms with Crippen LogP contribution in [-0.4, -0.2) is 32.4 Å². The molecule has 1 saturated heterocycles. The molecule has 2 aromatic rings. The van der Waals surface area contributed by atoms with E-state index in [1.807, 2.05) is 29.5 Å². The second-order valence-electron chi connectivity index (χ2n) is 6.78. The molecule has 1 fully saturated rings. The highest BCUT2D eigenvalue weighted by molar-refractivity contribution is 5.33. The molecule has 0 aliphatic carbocycles. The SMILES string of the molecule is CC(C)n1nccc1CN1C[C@@H](O)C[C@@H]1c1ccccc1C(F)(F)F. The molecule has 1 aliphatic heterocycles. The van der Waals surface area contributed by atoms with Crippen LogP contribution < -0.4 is 0 Å². The first-order chi connectivity index (χ1) is 11.8. The van der Waals surface area contributed by atoms with Gasteiger partial charge in [0, 0.05) is 31.4 Å². The van der Waals surface area contributed by atoms with Gasteiger partial charge >= 0.3 is 6.18 Å². The zero-order chi connectivity index (χ0) is 18.2. The summed E-state index contributed by atoms with van der Waals surface area (Å²) in [4.78, 5) is 1.91. The topological polar surface area (TPSA) is 41.3 Å². The minimum Gasteiger partial charge on any atom is -0.392 e. The van der Waals surface area contributed by atoms with Crippen LogP contribution in [0.4, 0.5) is 13.2 Å². The molecule has 1 aromatic carbocycles. The quantitative estimate of drug-likeness (QED) is 0.909. The number of benzene rings is 1. The predicted molar refractivity (Wildman–Crippen MR) is 87.8 cm³/mol. The minimum absolute atomic E-state index is 0.165. The lowest BCUT2D eigenvalue weighted by atomic mass is 9.97. The van der Waals surface area contributed by atoms with Crippen LogP contribution in [0, 0.1) is 0 Å². The lowest BCUT2D eigenvalue weighted by Crippen LogP contribution is -2.27. The summed E-state index contributed by atoms with van der Waals surface area (Å²) in [7, 11) is 0. The molecule has 136 valence electrons. The van der Waals surface area contributed by atoms with Gasteiger partial charge in [0.05, 0.1) is 17.4 Å². The molecule has 3 rings (SSSR count). The Balaban J connectivity index is 1.92. The third-order valence-electron chi connectivity index (χ3n) is 4.61. The van der Waals surface area contributed by atoms with Crippen molar-refractivity contribution in [2.75, 3.05) is 6.54 Å². The molecule has 2 atom stereocenters. The molecular weight excluding hydrogens is 331 g/mol. The number of rotatable bonds is 4. The molecule has 25 heavy (non-hydrogen) atoms. The number of β-amino-alcohol motifs (C(OH)–C–C–N with tert-alkyl or cyclic N) is 1. The van der Waals surface area contributed by atoms with Crippen LogP contribution in [0.15, 0.2) is 36.5 Å². The van der Waals surface area contributed by atoms with E-state index in [-0.39, 0.29) is 11.6 Å². The Morgan fingerprint density at radius 1 is 1.24 bits per heavy atom. The summed E-state index contributed by atoms with van der Waals surface area (Å²) in [6, 6.07) is 7.20. The number of halogens is 3. The van der Waals surface area contributed by atoms with Crippen LogP contribution in [0.1, 0.15) is 49.2 Å². The normalized spacial score (nSPS) is 22.0. The number of alkyl halides is 3. The van der Waals surface area contributed by atoms with Crippen LogP contribution in [0.2, 0.25) is 0 Å². The van der Waals surface area contributed by atoms with Crippen molar-refractivity contribution in [1.82, 2.24) is 14.7 Å². The molecule has 0 spiro atoms. The molecule has 1 aliphatic rings. The monoisotopic (exact) mass is 353 g/mol. The molecular formula is C18H22F3N3O. The van der Waals surface area contributed by atoms with Gasteiger partial charge in [0.2, 0.25) is 0 Å². The van der Waals surface area contributed by atoms with E-state index in [0.29, 0.717) is 19.5 Å². The Morgan fingerprint density at radius 3 is 2.64 bits per heavy atom. The van der Waals surface area contributed by atoms with Crippen molar-refractivity contribution in [2.45, 2.75) is 51.2 Å². The third kappa shape index (κ3) is 3.72. The fraction of sp³-hybridized carbons (Fsp3) is 0.500. The van der Waals surface area contributed by atoms with Crippen LogP contribution in [0.3, 0.4) is 0 Å². The largest absolute Gasteiger partial charge is 0.416 e. The van der Waals surface area contributed by atoms with Gasteiger partial charge in [0.1, 0.15) is 0 Å². The first-order valence-electron chi connectivity index (χ1n) is 8.38. The molecule has 0 bridgehead atoms. The number of aromatic nitrogens is 2. The van der Waals surface area contributed by atoms with E-state index in [9.17, 15) is 18.3 Å². The van der Waals surface area contributed by atoms with Crippen molar-refractivity contribution in [3.63, 3.8) is 0 Å². The van der Waals surface area contributed by atoms with Gasteiger partial charge in [-0.15, -0.1) is 0 Å². The number of nitrogens with zero attached hydrogens (tertiary/aromatic N) is 3. The van der Waals surface area contributed by atoms with Crippen LogP contribution in [0.25, 0.3) is 0 Å². The van der Waals surface area contributed by atoms with E-state index in [2.05, 4.69) is 5.10 Å². The number of aliphatic hydroxyl groups excluding tert-OH is 1. The maximum Gasteiger partial charge on any atom is 0.416 e. The number of aliphatic hydroxyl groups is 1. The molecule has 7 heteroatoms. The fourth-order valence-electron chi connectivity index (χ4n) is 3.56. The first kappa shape index (κ1) is 17.9. The van der Waals surface area contributed by atoms with Crippen LogP contribution in [-0.2, 0) is 12.7 Å². The number of hydrogen-bond donors (Lipinski definition) is 1. The summed E-state index contributed by atoms with van der Waals surface area (Å²) in [5.41, 5.74) is 0.525. The van der Waals surface area contributed by atoms with Crippen molar-refractivity contribution in [3.8, 4) is 0 Å². The maximum atomic E-state index is 13.4. The van der Waals surface area contributed by atoms with Crippen molar-refractivity contribution in [3.05, 3.63) is 53.3 Å². The van der Waals surface area contributed by atoms with Crippen LogP contribution >= 0.6 is 0 Å². The average Bonchev–Trinajstić information content (AvgIpc) is 3.13. The van der Waals surface area contributed by atoms with E-state index >= 15 is 0 Å². The smallest absolute Gasteiger partial charge is 0.392 e. The van der Waals surface area contributed by atoms with Gasteiger partial charge in [-0.25, -0.2) is 0 Å². The molecule has 0 saturated carbocycles. The van der Waals surface area contributed by atoms with E-state index in [0.717, 1.165) is 11.8 Å². The van der Waals surface area contributed by atoms with E-state index < -0.39 is 23.9 Å². The predicted octanol–water partition coefficient (Wildman–Crippen LogP) is 3.79. The van der Waals surface area contributed by atoms with Crippen molar-refractivity contribution in [2.24, 2.45) is 0 Å². The Bertz CT molecular complexity index is 726. The van der Waals surface area contributed by atoms with E-state index in [1.165, 1.54) is 12.1 Å². The van der Waals surface area contributed by atoms with Gasteiger partial charge in [-0.3, -0.25) is 9.58 Å². The summed E-state index contributed by atoms with van der Waals surface area (Å²) in [6.07, 6.45) is -3.06. The molecule has 0 unspecified atom stereocenters. The number of hydrogen-bond acceptors (Lipinski definition) is 3. The Kier molecular flexibility index (Phi) is 4.88. The van der Waals surface area contributed by atoms with Gasteiger partial charge in [0.25, 0.3) is 0 Å². The summed E-state index contributed by atoms with van der Waals surface area (Å²) in [6.45, 7) is 4.81. The van der Waals surface area contributed by atoms with Gasteiger partial charge < -0.3 is 5.11 Å². The van der Waals surface area contributed by atoms with Crippen molar-refractivity contribution >= 4 is 0 Å². The fourth-order valence-corrected chi connectivity index (χ4v) is 3.56. The molecule has 0 amide bonds. The zero-order valence-electron chi connectivity index (χ0n) is 14.2. The van der Waals surface area contributed by atoms with Gasteiger partial charge in [-0.05, 0) is 38.0 Å². The van der Waals surface area contributed by atoms with E-state index in [4.69, 9.17) is 0 Å². The summed E-state index contributed by atoms with van der Waals surface area (Å²) in [5, 5.41) is 14.4. The Labute approximate surface area is 144 Å². The lowest BCUT2D eigenvalue weighted by Gasteiger charge is -2.27. The summed E-state index contributed by atoms with van der Waals surface area (Å²) >= 11 is 0. The Hall–Kier alpha value is -1.86. The minimum atomic E-state index is -4.41. The molecule has 1 aromatic heterocycles. The maximum absolute atomic E-state index is 13.4. The van der Waals surface area contributed by atoms with Gasteiger partial charge in [-0.1, -0.05) is 18.2 Å². The van der Waals surface area contributed by atoms with Crippen LogP contribution in [0.5, 0.6) is 0 Å². The van der Waals surface area contributed by atoms with Crippen molar-refractivity contribution < 1.29 is 18.3 Å². The zero-order valence-corrected chi connectivity index (χ0v) is 14.2. The summed E-state index contributed by atoms with van der Waals surface area (Å²) < 4.78 is 42.0. The van der Waals surface area contributed by atoms with E-state index in [1.54, 1.807) is 12.3 Å². The highest BCUT2D eigenvalue weighted by atomic mass is 19.4. The summed E-state index contributed by atoms with van der Waals surface area (Å²) in [5.74, 6) is 0. The average molecular weight is 353 g/mol. The number of likely N-dealkylation sites (tertiary alicyclic amines) is 1. The molecule has 1 N–H and O–H groups in total. The lowest BCUT2D eigenvalue weighted by molar-refractivity contribution is -0.138. The molecule has 4 nitrogen and oxygen atoms in total. The third-order valence-corrected chi connectivity index (χ3v) is 4.61.